The standard InChI is InChI=1S/C28H24N2O3S/c1-15-5-9-19(10-6-15)24-22(25(31)20-11-7-16(2)8-12-20)26(32)27(33)30(24)28-29-23-18(4)13-17(3)14-21(23)34-28/h5-14,24,31H,1-4H3/b25-22+/t24-/m1/s1. The van der Waals surface area contributed by atoms with E-state index in [1.54, 1.807) is 12.1 Å². The van der Waals surface area contributed by atoms with Crippen molar-refractivity contribution in [3.63, 3.8) is 0 Å². The fourth-order valence-electron chi connectivity index (χ4n) is 4.42. The summed E-state index contributed by atoms with van der Waals surface area (Å²) in [7, 11) is 0. The predicted molar refractivity (Wildman–Crippen MR) is 136 cm³/mol. The van der Waals surface area contributed by atoms with Gasteiger partial charge in [0.15, 0.2) is 5.13 Å². The maximum Gasteiger partial charge on any atom is 0.301 e. The van der Waals surface area contributed by atoms with Crippen LogP contribution in [0.2, 0.25) is 0 Å². The van der Waals surface area contributed by atoms with E-state index >= 15 is 0 Å². The lowest BCUT2D eigenvalue weighted by Crippen LogP contribution is -2.29. The third-order valence-electron chi connectivity index (χ3n) is 6.19. The van der Waals surface area contributed by atoms with Crippen LogP contribution in [0.15, 0.2) is 66.2 Å². The first-order valence-corrected chi connectivity index (χ1v) is 11.9. The first-order valence-electron chi connectivity index (χ1n) is 11.1. The Labute approximate surface area is 202 Å². The third kappa shape index (κ3) is 3.60. The number of benzene rings is 3. The first-order chi connectivity index (χ1) is 16.2. The summed E-state index contributed by atoms with van der Waals surface area (Å²) >= 11 is 1.38. The summed E-state index contributed by atoms with van der Waals surface area (Å²) in [5.74, 6) is -1.58. The molecule has 1 amide bonds. The number of aryl methyl sites for hydroxylation is 4. The van der Waals surface area contributed by atoms with Gasteiger partial charge in [0.25, 0.3) is 5.78 Å². The Balaban J connectivity index is 1.74. The molecule has 0 saturated carbocycles. The Bertz CT molecular complexity index is 1480. The Hall–Kier alpha value is -3.77. The van der Waals surface area contributed by atoms with Gasteiger partial charge in [0.1, 0.15) is 5.76 Å². The molecule has 170 valence electrons. The van der Waals surface area contributed by atoms with Gasteiger partial charge >= 0.3 is 5.91 Å². The second-order valence-electron chi connectivity index (χ2n) is 8.87. The number of anilines is 1. The van der Waals surface area contributed by atoms with Gasteiger partial charge in [0.05, 0.1) is 21.8 Å². The van der Waals surface area contributed by atoms with E-state index in [2.05, 4.69) is 6.07 Å². The summed E-state index contributed by atoms with van der Waals surface area (Å²) in [5.41, 5.74) is 6.34. The number of carbonyl (C=O) groups is 2. The van der Waals surface area contributed by atoms with Crippen LogP contribution in [-0.2, 0) is 9.59 Å². The molecule has 4 aromatic rings. The zero-order chi connectivity index (χ0) is 24.1. The molecule has 0 spiro atoms. The summed E-state index contributed by atoms with van der Waals surface area (Å²) in [6.45, 7) is 7.94. The fourth-order valence-corrected chi connectivity index (χ4v) is 5.59. The molecule has 0 bridgehead atoms. The monoisotopic (exact) mass is 468 g/mol. The predicted octanol–water partition coefficient (Wildman–Crippen LogP) is 6.16. The number of carbonyl (C=O) groups excluding carboxylic acids is 2. The van der Waals surface area contributed by atoms with E-state index in [0.29, 0.717) is 10.7 Å². The number of aromatic nitrogens is 1. The second-order valence-corrected chi connectivity index (χ2v) is 9.88. The Morgan fingerprint density at radius 1 is 0.882 bits per heavy atom. The molecule has 1 fully saturated rings. The van der Waals surface area contributed by atoms with Crippen molar-refractivity contribution in [1.82, 2.24) is 4.98 Å². The molecule has 1 saturated heterocycles. The molecule has 1 aliphatic rings. The van der Waals surface area contributed by atoms with E-state index in [-0.39, 0.29) is 11.3 Å². The number of nitrogens with zero attached hydrogens (tertiary/aromatic N) is 2. The minimum absolute atomic E-state index is 0.0739. The lowest BCUT2D eigenvalue weighted by atomic mass is 9.94. The molecule has 1 N–H and O–H groups in total. The van der Waals surface area contributed by atoms with Crippen molar-refractivity contribution in [3.05, 3.63) is 99.6 Å². The first kappa shape index (κ1) is 22.0. The summed E-state index contributed by atoms with van der Waals surface area (Å²) in [4.78, 5) is 32.9. The van der Waals surface area contributed by atoms with E-state index in [1.807, 2.05) is 70.2 Å². The van der Waals surface area contributed by atoms with Crippen molar-refractivity contribution in [2.75, 3.05) is 4.90 Å². The Morgan fingerprint density at radius 2 is 1.50 bits per heavy atom. The van der Waals surface area contributed by atoms with Crippen LogP contribution in [0.1, 0.15) is 39.4 Å². The molecular formula is C28H24N2O3S. The lowest BCUT2D eigenvalue weighted by Gasteiger charge is -2.23. The van der Waals surface area contributed by atoms with Crippen LogP contribution >= 0.6 is 11.3 Å². The van der Waals surface area contributed by atoms with Crippen molar-refractivity contribution < 1.29 is 14.7 Å². The topological polar surface area (TPSA) is 70.5 Å². The molecule has 0 radical (unpaired) electrons. The number of thiazole rings is 1. The summed E-state index contributed by atoms with van der Waals surface area (Å²) in [5, 5.41) is 11.7. The molecule has 3 aromatic carbocycles. The highest BCUT2D eigenvalue weighted by atomic mass is 32.1. The average Bonchev–Trinajstić information content (AvgIpc) is 3.33. The van der Waals surface area contributed by atoms with Crippen LogP contribution in [0.25, 0.3) is 16.0 Å². The quantitative estimate of drug-likeness (QED) is 0.222. The van der Waals surface area contributed by atoms with E-state index in [0.717, 1.165) is 38.0 Å². The molecular weight excluding hydrogens is 444 g/mol. The van der Waals surface area contributed by atoms with E-state index < -0.39 is 17.7 Å². The Kier molecular flexibility index (Phi) is 5.33. The number of fused-ring (bicyclic) bond motifs is 1. The van der Waals surface area contributed by atoms with Gasteiger partial charge in [0, 0.05) is 5.56 Å². The average molecular weight is 469 g/mol. The van der Waals surface area contributed by atoms with Crippen LogP contribution in [0.4, 0.5) is 5.13 Å². The molecule has 34 heavy (non-hydrogen) atoms. The van der Waals surface area contributed by atoms with Gasteiger partial charge in [-0.3, -0.25) is 14.5 Å². The molecule has 2 heterocycles. The lowest BCUT2D eigenvalue weighted by molar-refractivity contribution is -0.132. The maximum absolute atomic E-state index is 13.4. The molecule has 5 nitrogen and oxygen atoms in total. The van der Waals surface area contributed by atoms with Crippen molar-refractivity contribution in [2.24, 2.45) is 0 Å². The van der Waals surface area contributed by atoms with Crippen LogP contribution in [0.3, 0.4) is 0 Å². The van der Waals surface area contributed by atoms with Gasteiger partial charge in [-0.15, -0.1) is 0 Å². The fraction of sp³-hybridized carbons (Fsp3) is 0.179. The summed E-state index contributed by atoms with van der Waals surface area (Å²) in [6.07, 6.45) is 0. The van der Waals surface area contributed by atoms with Crippen LogP contribution in [-0.4, -0.2) is 21.8 Å². The number of Topliss-reactive ketones (excluding diaryl/α,β-unsaturated/α-hetero) is 1. The number of rotatable bonds is 3. The number of aliphatic hydroxyl groups is 1. The number of ketones is 1. The second kappa shape index (κ2) is 8.22. The molecule has 1 atom stereocenters. The SMILES string of the molecule is Cc1ccc(/C(O)=C2\C(=O)C(=O)N(c3nc4c(C)cc(C)cc4s3)[C@@H]2c2ccc(C)cc2)cc1. The minimum atomic E-state index is -0.774. The molecule has 6 heteroatoms. The van der Waals surface area contributed by atoms with Crippen LogP contribution < -0.4 is 4.90 Å². The molecule has 1 aliphatic heterocycles. The number of hydrogen-bond acceptors (Lipinski definition) is 5. The molecule has 0 unspecified atom stereocenters. The van der Waals surface area contributed by atoms with Gasteiger partial charge in [-0.25, -0.2) is 4.98 Å². The smallest absolute Gasteiger partial charge is 0.301 e. The zero-order valence-corrected chi connectivity index (χ0v) is 20.2. The molecule has 0 aliphatic carbocycles. The zero-order valence-electron chi connectivity index (χ0n) is 19.4. The highest BCUT2D eigenvalue weighted by molar-refractivity contribution is 7.22. The minimum Gasteiger partial charge on any atom is -0.507 e. The number of aliphatic hydroxyl groups excluding tert-OH is 1. The van der Waals surface area contributed by atoms with Crippen molar-refractivity contribution in [1.29, 1.82) is 0 Å². The van der Waals surface area contributed by atoms with E-state index in [4.69, 9.17) is 4.98 Å². The van der Waals surface area contributed by atoms with E-state index in [9.17, 15) is 14.7 Å². The highest BCUT2D eigenvalue weighted by Gasteiger charge is 2.48. The van der Waals surface area contributed by atoms with Gasteiger partial charge in [-0.1, -0.05) is 77.1 Å². The van der Waals surface area contributed by atoms with Crippen LogP contribution in [0, 0.1) is 27.7 Å². The van der Waals surface area contributed by atoms with Gasteiger partial charge in [-0.2, -0.15) is 0 Å². The van der Waals surface area contributed by atoms with Crippen LogP contribution in [0.5, 0.6) is 0 Å². The number of hydrogen-bond donors (Lipinski definition) is 1. The molecule has 1 aromatic heterocycles. The molecule has 5 rings (SSSR count). The normalized spacial score (nSPS) is 17.6. The summed E-state index contributed by atoms with van der Waals surface area (Å²) < 4.78 is 0.954. The van der Waals surface area contributed by atoms with Crippen molar-refractivity contribution in [3.8, 4) is 0 Å². The Morgan fingerprint density at radius 3 is 2.15 bits per heavy atom. The van der Waals surface area contributed by atoms with Gasteiger partial charge in [-0.05, 0) is 50.5 Å². The van der Waals surface area contributed by atoms with Crippen molar-refractivity contribution in [2.45, 2.75) is 33.7 Å². The largest absolute Gasteiger partial charge is 0.507 e. The van der Waals surface area contributed by atoms with Gasteiger partial charge < -0.3 is 5.11 Å². The third-order valence-corrected chi connectivity index (χ3v) is 7.19. The van der Waals surface area contributed by atoms with Gasteiger partial charge in [0.2, 0.25) is 0 Å². The highest BCUT2D eigenvalue weighted by Crippen LogP contribution is 2.44. The van der Waals surface area contributed by atoms with Crippen molar-refractivity contribution >= 4 is 44.1 Å². The maximum atomic E-state index is 13.4. The number of amides is 1. The summed E-state index contributed by atoms with van der Waals surface area (Å²) in [6, 6.07) is 18.2. The van der Waals surface area contributed by atoms with E-state index in [1.165, 1.54) is 16.2 Å².